The number of hydrogen-bond donors (Lipinski definition) is 1. The molecule has 0 radical (unpaired) electrons. The summed E-state index contributed by atoms with van der Waals surface area (Å²) >= 11 is 0. The lowest BCUT2D eigenvalue weighted by atomic mass is 10.0. The Morgan fingerprint density at radius 1 is 0.489 bits per heavy atom. The Morgan fingerprint density at radius 2 is 1.04 bits per heavy atom. The fraction of sp³-hybridized carbons (Fsp3) is 0.0233. The normalized spacial score (nSPS) is 15.8. The topological polar surface area (TPSA) is 41.7 Å². The average molecular weight is 607 g/mol. The molecule has 4 heteroatoms. The molecule has 4 nitrogen and oxygen atoms in total. The van der Waals surface area contributed by atoms with Gasteiger partial charge >= 0.3 is 0 Å². The van der Waals surface area contributed by atoms with E-state index < -0.39 is 6.17 Å². The second-order valence-corrected chi connectivity index (χ2v) is 11.6. The van der Waals surface area contributed by atoms with E-state index in [1.165, 1.54) is 0 Å². The van der Waals surface area contributed by atoms with Crippen LogP contribution < -0.4 is 5.32 Å². The van der Waals surface area contributed by atoms with Crippen molar-refractivity contribution in [2.45, 2.75) is 6.17 Å². The van der Waals surface area contributed by atoms with Crippen molar-refractivity contribution in [2.24, 2.45) is 9.98 Å². The molecule has 9 rings (SSSR count). The van der Waals surface area contributed by atoms with Gasteiger partial charge in [0.05, 0.1) is 16.5 Å². The Balaban J connectivity index is 1.22. The molecule has 2 heterocycles. The molecule has 0 fully saturated rings. The summed E-state index contributed by atoms with van der Waals surface area (Å²) in [6.45, 7) is 0. The van der Waals surface area contributed by atoms with Crippen molar-refractivity contribution in [1.29, 1.82) is 0 Å². The molecular weight excluding hydrogens is 573 g/mol. The van der Waals surface area contributed by atoms with Gasteiger partial charge in [0, 0.05) is 27.6 Å². The number of para-hydroxylation sites is 1. The highest BCUT2D eigenvalue weighted by Gasteiger charge is 2.21. The highest BCUT2D eigenvalue weighted by molar-refractivity contribution is 6.21. The third-order valence-electron chi connectivity index (χ3n) is 8.73. The molecule has 0 bridgehead atoms. The summed E-state index contributed by atoms with van der Waals surface area (Å²) < 4.78 is 39.4. The van der Waals surface area contributed by atoms with Gasteiger partial charge in [-0.15, -0.1) is 0 Å². The maximum atomic E-state index is 9.39. The zero-order valence-corrected chi connectivity index (χ0v) is 25.3. The van der Waals surface area contributed by atoms with Gasteiger partial charge in [-0.2, -0.15) is 0 Å². The lowest BCUT2D eigenvalue weighted by Crippen LogP contribution is -2.36. The molecule has 1 aliphatic heterocycles. The Labute approximate surface area is 278 Å². The van der Waals surface area contributed by atoms with Crippen molar-refractivity contribution in [1.82, 2.24) is 9.88 Å². The number of amidine groups is 2. The lowest BCUT2D eigenvalue weighted by molar-refractivity contribution is 0.755. The number of nitrogens with one attached hydrogen (secondary N) is 1. The molecule has 8 aromatic rings. The first-order valence-corrected chi connectivity index (χ1v) is 15.6. The largest absolute Gasteiger partial charge is 0.324 e. The van der Waals surface area contributed by atoms with Gasteiger partial charge in [-0.1, -0.05) is 146 Å². The summed E-state index contributed by atoms with van der Waals surface area (Å²) in [6.07, 6.45) is -1.02. The Morgan fingerprint density at radius 3 is 1.77 bits per heavy atom. The second-order valence-electron chi connectivity index (χ2n) is 11.6. The van der Waals surface area contributed by atoms with E-state index in [1.807, 2.05) is 126 Å². The molecule has 47 heavy (non-hydrogen) atoms. The number of benzene rings is 7. The van der Waals surface area contributed by atoms with Gasteiger partial charge in [-0.05, 0) is 51.7 Å². The molecule has 7 aromatic carbocycles. The minimum absolute atomic E-state index is 0.119. The van der Waals surface area contributed by atoms with E-state index >= 15 is 0 Å². The molecule has 0 spiro atoms. The molecule has 0 aliphatic carbocycles. The Kier molecular flexibility index (Phi) is 5.55. The quantitative estimate of drug-likeness (QED) is 0.208. The fourth-order valence-corrected chi connectivity index (χ4v) is 6.46. The number of aromatic nitrogens is 1. The molecule has 0 amide bonds. The molecule has 0 saturated heterocycles. The second kappa shape index (κ2) is 11.3. The van der Waals surface area contributed by atoms with Crippen LogP contribution in [0.5, 0.6) is 0 Å². The van der Waals surface area contributed by atoms with Crippen molar-refractivity contribution in [2.75, 3.05) is 0 Å². The molecule has 222 valence electrons. The third-order valence-corrected chi connectivity index (χ3v) is 8.73. The van der Waals surface area contributed by atoms with Crippen LogP contribution in [0.3, 0.4) is 0 Å². The van der Waals surface area contributed by atoms with E-state index in [4.69, 9.17) is 9.98 Å². The molecule has 1 unspecified atom stereocenters. The van der Waals surface area contributed by atoms with Crippen LogP contribution in [0.2, 0.25) is 0 Å². The average Bonchev–Trinajstić information content (AvgIpc) is 3.52. The van der Waals surface area contributed by atoms with Gasteiger partial charge in [0.2, 0.25) is 0 Å². The van der Waals surface area contributed by atoms with Crippen LogP contribution in [-0.2, 0) is 0 Å². The number of rotatable bonds is 5. The van der Waals surface area contributed by atoms with E-state index in [2.05, 4.69) is 29.6 Å². The van der Waals surface area contributed by atoms with E-state index in [0.29, 0.717) is 11.7 Å². The SMILES string of the molecule is [2H]c1c([2H])c(-n2c3ccccc3c3c4ccccc4ccc32)c([2H])c([2H])c1C1N=C(c2ccccc2)NC(c2ccc(-c3ccccc3)cc2)=N1. The molecule has 0 saturated carbocycles. The number of fused-ring (bicyclic) bond motifs is 5. The maximum absolute atomic E-state index is 9.39. The highest BCUT2D eigenvalue weighted by atomic mass is 15.2. The van der Waals surface area contributed by atoms with Crippen molar-refractivity contribution in [3.8, 4) is 16.8 Å². The van der Waals surface area contributed by atoms with Gasteiger partial charge in [0.25, 0.3) is 0 Å². The minimum Gasteiger partial charge on any atom is -0.324 e. The van der Waals surface area contributed by atoms with Crippen LogP contribution in [0.25, 0.3) is 49.4 Å². The van der Waals surface area contributed by atoms with Crippen LogP contribution in [0.4, 0.5) is 0 Å². The van der Waals surface area contributed by atoms with Crippen LogP contribution in [0.1, 0.15) is 28.3 Å². The molecule has 1 aromatic heterocycles. The summed E-state index contributed by atoms with van der Waals surface area (Å²) in [4.78, 5) is 9.83. The minimum atomic E-state index is -1.02. The van der Waals surface area contributed by atoms with E-state index in [0.717, 1.165) is 54.8 Å². The Bertz CT molecular complexity index is 2670. The van der Waals surface area contributed by atoms with Crippen LogP contribution >= 0.6 is 0 Å². The van der Waals surface area contributed by atoms with Crippen molar-refractivity contribution < 1.29 is 5.48 Å². The first kappa shape index (κ1) is 23.1. The zero-order valence-electron chi connectivity index (χ0n) is 29.3. The summed E-state index contributed by atoms with van der Waals surface area (Å²) in [7, 11) is 0. The maximum Gasteiger partial charge on any atom is 0.169 e. The number of aliphatic imine (C=N–C) groups is 2. The van der Waals surface area contributed by atoms with Crippen LogP contribution in [0.15, 0.2) is 180 Å². The molecule has 1 aliphatic rings. The first-order valence-electron chi connectivity index (χ1n) is 17.6. The smallest absolute Gasteiger partial charge is 0.169 e. The standard InChI is InChI=1S/C43H30N4/c1-3-11-29(12-4-1)30-19-21-33(22-20-30)42-44-41(32-14-5-2-6-15-32)45-43(46-42)34-23-26-35(27-24-34)47-38-18-10-9-17-37(38)40-36-16-8-7-13-31(36)25-28-39(40)47/h1-28,43H,(H,44,45,46)/i23D,24D,26D,27D. The highest BCUT2D eigenvalue weighted by Crippen LogP contribution is 2.37. The van der Waals surface area contributed by atoms with Gasteiger partial charge in [0.15, 0.2) is 6.17 Å². The predicted octanol–water partition coefficient (Wildman–Crippen LogP) is 10.1. The van der Waals surface area contributed by atoms with E-state index in [-0.39, 0.29) is 35.4 Å². The van der Waals surface area contributed by atoms with Gasteiger partial charge in [-0.3, -0.25) is 0 Å². The molecule has 1 N–H and O–H groups in total. The van der Waals surface area contributed by atoms with Gasteiger partial charge < -0.3 is 9.88 Å². The van der Waals surface area contributed by atoms with Crippen LogP contribution in [0, 0.1) is 0 Å². The molecule has 1 atom stereocenters. The van der Waals surface area contributed by atoms with Crippen LogP contribution in [-0.4, -0.2) is 16.2 Å². The first-order chi connectivity index (χ1) is 25.0. The zero-order chi connectivity index (χ0) is 34.6. The van der Waals surface area contributed by atoms with Crippen molar-refractivity contribution in [3.05, 3.63) is 186 Å². The lowest BCUT2D eigenvalue weighted by Gasteiger charge is -2.22. The third kappa shape index (κ3) is 4.79. The summed E-state index contributed by atoms with van der Waals surface area (Å²) in [5.74, 6) is 1.07. The van der Waals surface area contributed by atoms with E-state index in [9.17, 15) is 5.48 Å². The molecular formula is C43H30N4. The summed E-state index contributed by atoms with van der Waals surface area (Å²) in [6, 6.07) is 47.3. The van der Waals surface area contributed by atoms with Gasteiger partial charge in [-0.25, -0.2) is 9.98 Å². The number of nitrogens with zero attached hydrogens (tertiary/aromatic N) is 3. The predicted molar refractivity (Wildman–Crippen MR) is 196 cm³/mol. The number of hydrogen-bond acceptors (Lipinski definition) is 3. The van der Waals surface area contributed by atoms with Crippen molar-refractivity contribution >= 4 is 44.2 Å². The van der Waals surface area contributed by atoms with E-state index in [1.54, 1.807) is 0 Å². The summed E-state index contributed by atoms with van der Waals surface area (Å²) in [5, 5.41) is 7.52. The Hall–Kier alpha value is -6.26. The van der Waals surface area contributed by atoms with Crippen molar-refractivity contribution in [3.63, 3.8) is 0 Å². The fourth-order valence-electron chi connectivity index (χ4n) is 6.46. The monoisotopic (exact) mass is 606 g/mol. The van der Waals surface area contributed by atoms with Gasteiger partial charge in [0.1, 0.15) is 11.7 Å². The summed E-state index contributed by atoms with van der Waals surface area (Å²) in [5.41, 5.74) is 5.74.